The maximum Gasteiger partial charge on any atom is 0.240 e. The summed E-state index contributed by atoms with van der Waals surface area (Å²) in [6.45, 7) is 2.92. The molecule has 1 fully saturated rings. The molecule has 0 saturated heterocycles. The van der Waals surface area contributed by atoms with Gasteiger partial charge >= 0.3 is 0 Å². The number of hydrogen-bond donors (Lipinski definition) is 6. The quantitative estimate of drug-likeness (QED) is 0.102. The van der Waals surface area contributed by atoms with Crippen molar-refractivity contribution in [3.8, 4) is 0 Å². The zero-order valence-electron chi connectivity index (χ0n) is 28.9. The van der Waals surface area contributed by atoms with Crippen LogP contribution in [0.4, 0.5) is 0 Å². The monoisotopic (exact) mass is 662 g/mol. The topological polar surface area (TPSA) is 196 Å². The Labute approximate surface area is 286 Å². The standard InChI is InChI=1S/C20H24N2O2.C14H23N3O.C3H6O.CH5N/c21-20(24)19(16-6-2-3-7-16)22-18(23)12-10-14-9-11-15-5-1-4-8-17(15)13-14;15-10-6-2-5-9-14(18)17-13(11-16)12-7-3-1-4-8-12;1-2-3-4;1-2/h1,4-5,8-9,11,13,16,19H,2-3,6-7,10,12H2,(H2,21,24)(H,22,23);1,3-4,7-8,13H,2,5-6,9-11,15-16H2,(H,17,18);3H,2H2,1H3;2H2,1H3. The second-order valence-electron chi connectivity index (χ2n) is 11.6. The van der Waals surface area contributed by atoms with E-state index in [9.17, 15) is 19.2 Å². The molecule has 0 aromatic heterocycles. The highest BCUT2D eigenvalue weighted by Gasteiger charge is 2.30. The van der Waals surface area contributed by atoms with Gasteiger partial charge in [0.1, 0.15) is 12.3 Å². The van der Waals surface area contributed by atoms with Crippen LogP contribution in [0.1, 0.15) is 88.3 Å². The second-order valence-corrected chi connectivity index (χ2v) is 11.6. The van der Waals surface area contributed by atoms with E-state index in [4.69, 9.17) is 17.2 Å². The van der Waals surface area contributed by atoms with E-state index in [0.29, 0.717) is 38.8 Å². The minimum atomic E-state index is -0.517. The summed E-state index contributed by atoms with van der Waals surface area (Å²) in [5, 5.41) is 8.19. The van der Waals surface area contributed by atoms with Gasteiger partial charge in [0, 0.05) is 25.8 Å². The molecule has 0 bridgehead atoms. The van der Waals surface area contributed by atoms with Crippen LogP contribution in [0.2, 0.25) is 0 Å². The number of carbonyl (C=O) groups is 4. The normalized spacial score (nSPS) is 13.3. The second kappa shape index (κ2) is 25.9. The van der Waals surface area contributed by atoms with Gasteiger partial charge in [0.15, 0.2) is 0 Å². The molecular weight excluding hydrogens is 604 g/mol. The van der Waals surface area contributed by atoms with Crippen molar-refractivity contribution in [2.45, 2.75) is 89.6 Å². The van der Waals surface area contributed by atoms with Crippen LogP contribution in [-0.2, 0) is 25.6 Å². The van der Waals surface area contributed by atoms with Crippen LogP contribution in [0, 0.1) is 5.92 Å². The van der Waals surface area contributed by atoms with Gasteiger partial charge in [0.05, 0.1) is 6.04 Å². The zero-order valence-corrected chi connectivity index (χ0v) is 28.9. The Bertz CT molecular complexity index is 1330. The van der Waals surface area contributed by atoms with E-state index in [1.165, 1.54) is 17.8 Å². The van der Waals surface area contributed by atoms with Gasteiger partial charge in [0.25, 0.3) is 0 Å². The predicted molar refractivity (Wildman–Crippen MR) is 196 cm³/mol. The lowest BCUT2D eigenvalue weighted by Gasteiger charge is -2.21. The van der Waals surface area contributed by atoms with E-state index in [1.54, 1.807) is 0 Å². The van der Waals surface area contributed by atoms with E-state index < -0.39 is 11.9 Å². The third kappa shape index (κ3) is 16.6. The summed E-state index contributed by atoms with van der Waals surface area (Å²) in [6, 6.07) is 23.6. The number of benzene rings is 3. The molecule has 2 unspecified atom stereocenters. The largest absolute Gasteiger partial charge is 0.368 e. The lowest BCUT2D eigenvalue weighted by Crippen LogP contribution is -2.48. The predicted octanol–water partition coefficient (Wildman–Crippen LogP) is 4.42. The third-order valence-corrected chi connectivity index (χ3v) is 8.00. The number of nitrogens with one attached hydrogen (secondary N) is 2. The highest BCUT2D eigenvalue weighted by atomic mass is 16.2. The Morgan fingerprint density at radius 3 is 2.00 bits per heavy atom. The number of aldehydes is 1. The number of fused-ring (bicyclic) bond motifs is 1. The minimum absolute atomic E-state index is 0.0614. The maximum absolute atomic E-state index is 12.2. The van der Waals surface area contributed by atoms with E-state index in [-0.39, 0.29) is 23.8 Å². The average molecular weight is 663 g/mol. The fourth-order valence-corrected chi connectivity index (χ4v) is 5.45. The first-order chi connectivity index (χ1) is 23.3. The van der Waals surface area contributed by atoms with Gasteiger partial charge < -0.3 is 38.4 Å². The van der Waals surface area contributed by atoms with Gasteiger partial charge in [-0.2, -0.15) is 0 Å². The molecule has 48 heavy (non-hydrogen) atoms. The van der Waals surface area contributed by atoms with Crippen molar-refractivity contribution in [2.75, 3.05) is 20.1 Å². The summed E-state index contributed by atoms with van der Waals surface area (Å²) < 4.78 is 0. The van der Waals surface area contributed by atoms with Crippen LogP contribution in [-0.4, -0.2) is 50.2 Å². The molecule has 0 radical (unpaired) electrons. The first kappa shape index (κ1) is 41.9. The molecule has 4 rings (SSSR count). The fourth-order valence-electron chi connectivity index (χ4n) is 5.45. The van der Waals surface area contributed by atoms with Crippen molar-refractivity contribution in [1.29, 1.82) is 0 Å². The molecule has 3 aromatic rings. The lowest BCUT2D eigenvalue weighted by molar-refractivity contribution is -0.128. The van der Waals surface area contributed by atoms with E-state index >= 15 is 0 Å². The summed E-state index contributed by atoms with van der Waals surface area (Å²) in [5.41, 5.74) is 23.3. The van der Waals surface area contributed by atoms with Crippen LogP contribution in [0.15, 0.2) is 72.8 Å². The molecule has 0 spiro atoms. The Morgan fingerprint density at radius 2 is 1.42 bits per heavy atom. The Morgan fingerprint density at radius 1 is 0.812 bits per heavy atom. The van der Waals surface area contributed by atoms with Crippen molar-refractivity contribution in [3.05, 3.63) is 83.9 Å². The number of unbranched alkanes of at least 4 members (excludes halogenated alkanes) is 2. The molecule has 10 N–H and O–H groups in total. The first-order valence-corrected chi connectivity index (χ1v) is 17.1. The number of carbonyl (C=O) groups excluding carboxylic acids is 4. The number of nitrogens with two attached hydrogens (primary N) is 4. The molecule has 10 heteroatoms. The van der Waals surface area contributed by atoms with Gasteiger partial charge in [-0.05, 0) is 73.5 Å². The molecule has 10 nitrogen and oxygen atoms in total. The summed E-state index contributed by atoms with van der Waals surface area (Å²) in [5.74, 6) is -0.252. The van der Waals surface area contributed by atoms with Crippen molar-refractivity contribution in [2.24, 2.45) is 28.9 Å². The molecule has 264 valence electrons. The number of rotatable bonds is 15. The average Bonchev–Trinajstić information content (AvgIpc) is 3.67. The van der Waals surface area contributed by atoms with Crippen molar-refractivity contribution in [3.63, 3.8) is 0 Å². The molecule has 1 aliphatic carbocycles. The molecule has 0 heterocycles. The Balaban J connectivity index is 0.000000426. The fraction of sp³-hybridized carbons (Fsp3) is 0.474. The van der Waals surface area contributed by atoms with Gasteiger partial charge in [-0.1, -0.05) is 99.0 Å². The van der Waals surface area contributed by atoms with Gasteiger partial charge in [0.2, 0.25) is 17.7 Å². The van der Waals surface area contributed by atoms with Crippen LogP contribution >= 0.6 is 0 Å². The number of aryl methyl sites for hydroxylation is 1. The van der Waals surface area contributed by atoms with Crippen LogP contribution in [0.25, 0.3) is 10.8 Å². The van der Waals surface area contributed by atoms with Gasteiger partial charge in [-0.25, -0.2) is 0 Å². The van der Waals surface area contributed by atoms with E-state index in [0.717, 1.165) is 62.4 Å². The van der Waals surface area contributed by atoms with E-state index in [1.807, 2.05) is 49.4 Å². The molecular formula is C38H58N6O4. The Hall–Kier alpha value is -4.12. The number of primary amides is 1. The number of amides is 3. The molecule has 3 amide bonds. The van der Waals surface area contributed by atoms with Crippen molar-refractivity contribution in [1.82, 2.24) is 10.6 Å². The van der Waals surface area contributed by atoms with Crippen molar-refractivity contribution < 1.29 is 19.2 Å². The summed E-state index contributed by atoms with van der Waals surface area (Å²) in [7, 11) is 1.50. The first-order valence-electron chi connectivity index (χ1n) is 17.1. The SMILES string of the molecule is CCC=O.CN.NC(=O)C(NC(=O)CCc1ccc2ccccc2c1)C1CCCC1.NCCCCCC(=O)NC(CN)c1ccccc1. The van der Waals surface area contributed by atoms with Crippen LogP contribution in [0.5, 0.6) is 0 Å². The smallest absolute Gasteiger partial charge is 0.240 e. The van der Waals surface area contributed by atoms with Gasteiger partial charge in [-0.15, -0.1) is 0 Å². The van der Waals surface area contributed by atoms with E-state index in [2.05, 4.69) is 46.7 Å². The maximum atomic E-state index is 12.2. The van der Waals surface area contributed by atoms with Crippen LogP contribution < -0.4 is 33.6 Å². The zero-order chi connectivity index (χ0) is 35.6. The lowest BCUT2D eigenvalue weighted by atomic mass is 9.97. The Kier molecular flexibility index (Phi) is 22.6. The summed E-state index contributed by atoms with van der Waals surface area (Å²) >= 11 is 0. The highest BCUT2D eigenvalue weighted by molar-refractivity contribution is 5.87. The summed E-state index contributed by atoms with van der Waals surface area (Å²) in [6.07, 6.45) is 10.1. The summed E-state index contributed by atoms with van der Waals surface area (Å²) in [4.78, 5) is 44.8. The molecule has 0 aliphatic heterocycles. The van der Waals surface area contributed by atoms with Crippen LogP contribution in [0.3, 0.4) is 0 Å². The van der Waals surface area contributed by atoms with Crippen molar-refractivity contribution >= 4 is 34.8 Å². The number of hydrogen-bond acceptors (Lipinski definition) is 7. The molecule has 3 aromatic carbocycles. The third-order valence-electron chi connectivity index (χ3n) is 8.00. The minimum Gasteiger partial charge on any atom is -0.368 e. The van der Waals surface area contributed by atoms with Gasteiger partial charge in [-0.3, -0.25) is 14.4 Å². The molecule has 1 aliphatic rings. The molecule has 1 saturated carbocycles. The highest BCUT2D eigenvalue weighted by Crippen LogP contribution is 2.27. The molecule has 2 atom stereocenters.